The van der Waals surface area contributed by atoms with Gasteiger partial charge in [-0.05, 0) is 38.8 Å². The van der Waals surface area contributed by atoms with Gasteiger partial charge in [-0.25, -0.2) is 0 Å². The van der Waals surface area contributed by atoms with Gasteiger partial charge in [0.15, 0.2) is 0 Å². The Hall–Kier alpha value is -1.88. The van der Waals surface area contributed by atoms with E-state index in [1.807, 2.05) is 39.8 Å². The minimum absolute atomic E-state index is 0.0215. The van der Waals surface area contributed by atoms with Crippen LogP contribution in [0.25, 0.3) is 0 Å². The number of carbonyl (C=O) groups is 2. The third-order valence-corrected chi connectivity index (χ3v) is 2.82. The quantitative estimate of drug-likeness (QED) is 0.832. The lowest BCUT2D eigenvalue weighted by Crippen LogP contribution is -2.35. The molecule has 1 aromatic rings. The van der Waals surface area contributed by atoms with Gasteiger partial charge in [0.1, 0.15) is 6.61 Å². The number of aryl methyl sites for hydroxylation is 3. The van der Waals surface area contributed by atoms with E-state index in [1.165, 1.54) is 0 Å². The highest BCUT2D eigenvalue weighted by atomic mass is 16.5. The number of carbonyl (C=O) groups excluding carboxylic acids is 2. The molecule has 0 bridgehead atoms. The first-order chi connectivity index (χ1) is 9.43. The van der Waals surface area contributed by atoms with Crippen LogP contribution in [0.15, 0.2) is 12.1 Å². The highest BCUT2D eigenvalue weighted by Gasteiger charge is 2.09. The third kappa shape index (κ3) is 5.01. The largest absolute Gasteiger partial charge is 0.372 e. The summed E-state index contributed by atoms with van der Waals surface area (Å²) in [6, 6.07) is 4.02. The maximum absolute atomic E-state index is 11.8. The van der Waals surface area contributed by atoms with Crippen molar-refractivity contribution in [2.75, 3.05) is 25.1 Å². The van der Waals surface area contributed by atoms with Gasteiger partial charge in [0.2, 0.25) is 11.8 Å². The van der Waals surface area contributed by atoms with E-state index < -0.39 is 0 Å². The van der Waals surface area contributed by atoms with Crippen LogP contribution in [-0.4, -0.2) is 31.6 Å². The minimum atomic E-state index is -0.292. The molecule has 0 atom stereocenters. The van der Waals surface area contributed by atoms with Crippen LogP contribution in [0, 0.1) is 20.8 Å². The van der Waals surface area contributed by atoms with Crippen LogP contribution in [0.2, 0.25) is 0 Å². The zero-order valence-electron chi connectivity index (χ0n) is 12.5. The fraction of sp³-hybridized carbons (Fsp3) is 0.467. The molecule has 2 amide bonds. The van der Waals surface area contributed by atoms with Gasteiger partial charge < -0.3 is 15.4 Å². The Morgan fingerprint density at radius 3 is 2.25 bits per heavy atom. The second-order valence-corrected chi connectivity index (χ2v) is 4.74. The van der Waals surface area contributed by atoms with Gasteiger partial charge in [0.05, 0.1) is 6.54 Å². The standard InChI is InChI=1S/C15H22N2O3/c1-5-20-9-14(19)16-8-13(18)17-15-11(3)6-10(2)7-12(15)4/h6-7H,5,8-9H2,1-4H3,(H,16,19)(H,17,18). The van der Waals surface area contributed by atoms with E-state index in [-0.39, 0.29) is 25.0 Å². The van der Waals surface area contributed by atoms with Crippen LogP contribution < -0.4 is 10.6 Å². The lowest BCUT2D eigenvalue weighted by Gasteiger charge is -2.13. The van der Waals surface area contributed by atoms with Crippen LogP contribution in [0.1, 0.15) is 23.6 Å². The highest BCUT2D eigenvalue weighted by molar-refractivity contribution is 5.95. The number of rotatable bonds is 6. The van der Waals surface area contributed by atoms with Crippen molar-refractivity contribution in [2.24, 2.45) is 0 Å². The van der Waals surface area contributed by atoms with Crippen molar-refractivity contribution in [3.8, 4) is 0 Å². The molecule has 5 nitrogen and oxygen atoms in total. The summed E-state index contributed by atoms with van der Waals surface area (Å²) in [5, 5.41) is 5.33. The van der Waals surface area contributed by atoms with Gasteiger partial charge in [0, 0.05) is 12.3 Å². The van der Waals surface area contributed by atoms with Gasteiger partial charge in [0.25, 0.3) is 0 Å². The number of hydrogen-bond donors (Lipinski definition) is 2. The molecule has 0 heterocycles. The molecule has 0 aliphatic carbocycles. The van der Waals surface area contributed by atoms with Crippen molar-refractivity contribution in [3.63, 3.8) is 0 Å². The zero-order valence-corrected chi connectivity index (χ0v) is 12.5. The minimum Gasteiger partial charge on any atom is -0.372 e. The van der Waals surface area contributed by atoms with Crippen LogP contribution >= 0.6 is 0 Å². The van der Waals surface area contributed by atoms with E-state index in [2.05, 4.69) is 10.6 Å². The fourth-order valence-corrected chi connectivity index (χ4v) is 1.99. The van der Waals surface area contributed by atoms with Crippen molar-refractivity contribution in [1.29, 1.82) is 0 Å². The Kier molecular flexibility index (Phi) is 6.18. The molecule has 0 unspecified atom stereocenters. The molecule has 2 N–H and O–H groups in total. The van der Waals surface area contributed by atoms with E-state index in [1.54, 1.807) is 0 Å². The number of nitrogens with one attached hydrogen (secondary N) is 2. The first-order valence-corrected chi connectivity index (χ1v) is 6.66. The fourth-order valence-electron chi connectivity index (χ4n) is 1.99. The van der Waals surface area contributed by atoms with E-state index in [0.717, 1.165) is 22.4 Å². The molecule has 5 heteroatoms. The molecule has 1 aromatic carbocycles. The summed E-state index contributed by atoms with van der Waals surface area (Å²) >= 11 is 0. The van der Waals surface area contributed by atoms with Crippen molar-refractivity contribution in [2.45, 2.75) is 27.7 Å². The van der Waals surface area contributed by atoms with Gasteiger partial charge >= 0.3 is 0 Å². The first kappa shape index (κ1) is 16.2. The Balaban J connectivity index is 2.53. The van der Waals surface area contributed by atoms with E-state index in [9.17, 15) is 9.59 Å². The van der Waals surface area contributed by atoms with Crippen LogP contribution in [-0.2, 0) is 14.3 Å². The zero-order chi connectivity index (χ0) is 15.1. The molecule has 0 saturated heterocycles. The summed E-state index contributed by atoms with van der Waals surface area (Å²) in [6.07, 6.45) is 0. The van der Waals surface area contributed by atoms with Gasteiger partial charge in [-0.15, -0.1) is 0 Å². The predicted octanol–water partition coefficient (Wildman–Crippen LogP) is 1.70. The summed E-state index contributed by atoms with van der Waals surface area (Å²) < 4.78 is 4.95. The number of anilines is 1. The van der Waals surface area contributed by atoms with Crippen LogP contribution in [0.5, 0.6) is 0 Å². The third-order valence-electron chi connectivity index (χ3n) is 2.82. The summed E-state index contributed by atoms with van der Waals surface area (Å²) in [7, 11) is 0. The normalized spacial score (nSPS) is 10.2. The first-order valence-electron chi connectivity index (χ1n) is 6.66. The second-order valence-electron chi connectivity index (χ2n) is 4.74. The maximum atomic E-state index is 11.8. The Labute approximate surface area is 119 Å². The van der Waals surface area contributed by atoms with Gasteiger partial charge in [-0.2, -0.15) is 0 Å². The Morgan fingerprint density at radius 1 is 1.10 bits per heavy atom. The number of benzene rings is 1. The SMILES string of the molecule is CCOCC(=O)NCC(=O)Nc1c(C)cc(C)cc1C. The van der Waals surface area contributed by atoms with Crippen molar-refractivity contribution < 1.29 is 14.3 Å². The summed E-state index contributed by atoms with van der Waals surface area (Å²) in [4.78, 5) is 23.1. The highest BCUT2D eigenvalue weighted by Crippen LogP contribution is 2.21. The molecule has 0 aliphatic heterocycles. The number of ether oxygens (including phenoxy) is 1. The Morgan fingerprint density at radius 2 is 1.70 bits per heavy atom. The summed E-state index contributed by atoms with van der Waals surface area (Å²) in [5.74, 6) is -0.538. The molecule has 110 valence electrons. The maximum Gasteiger partial charge on any atom is 0.246 e. The van der Waals surface area contributed by atoms with Gasteiger partial charge in [-0.3, -0.25) is 9.59 Å². The van der Waals surface area contributed by atoms with Crippen molar-refractivity contribution >= 4 is 17.5 Å². The van der Waals surface area contributed by atoms with Gasteiger partial charge in [-0.1, -0.05) is 17.7 Å². The molecule has 1 rings (SSSR count). The number of amides is 2. The lowest BCUT2D eigenvalue weighted by molar-refractivity contribution is -0.127. The smallest absolute Gasteiger partial charge is 0.246 e. The molecule has 0 aliphatic rings. The van der Waals surface area contributed by atoms with Crippen LogP contribution in [0.4, 0.5) is 5.69 Å². The average molecular weight is 278 g/mol. The van der Waals surface area contributed by atoms with Crippen molar-refractivity contribution in [3.05, 3.63) is 28.8 Å². The second kappa shape index (κ2) is 7.65. The molecule has 0 fully saturated rings. The molecule has 0 spiro atoms. The summed E-state index contributed by atoms with van der Waals surface area (Å²) in [5.41, 5.74) is 3.98. The molecular weight excluding hydrogens is 256 g/mol. The average Bonchev–Trinajstić information content (AvgIpc) is 2.38. The van der Waals surface area contributed by atoms with Crippen molar-refractivity contribution in [1.82, 2.24) is 5.32 Å². The van der Waals surface area contributed by atoms with E-state index >= 15 is 0 Å². The topological polar surface area (TPSA) is 67.4 Å². The molecule has 0 saturated carbocycles. The lowest BCUT2D eigenvalue weighted by atomic mass is 10.1. The molecular formula is C15H22N2O3. The van der Waals surface area contributed by atoms with E-state index in [0.29, 0.717) is 6.61 Å². The predicted molar refractivity (Wildman–Crippen MR) is 78.8 cm³/mol. The number of hydrogen-bond acceptors (Lipinski definition) is 3. The Bertz CT molecular complexity index is 475. The molecule has 20 heavy (non-hydrogen) atoms. The summed E-state index contributed by atoms with van der Waals surface area (Å²) in [6.45, 7) is 8.11. The molecule has 0 radical (unpaired) electrons. The molecule has 0 aromatic heterocycles. The van der Waals surface area contributed by atoms with Crippen LogP contribution in [0.3, 0.4) is 0 Å². The monoisotopic (exact) mass is 278 g/mol. The van der Waals surface area contributed by atoms with E-state index in [4.69, 9.17) is 4.74 Å².